The molecule has 0 saturated carbocycles. The highest BCUT2D eigenvalue weighted by Crippen LogP contribution is 2.11. The van der Waals surface area contributed by atoms with Crippen LogP contribution < -0.4 is 5.32 Å². The number of rotatable bonds is 4. The lowest BCUT2D eigenvalue weighted by atomic mass is 10.1. The van der Waals surface area contributed by atoms with Gasteiger partial charge in [-0.15, -0.1) is 0 Å². The molecule has 0 saturated heterocycles. The molecular formula is C13H16FN3. The number of benzene rings is 1. The predicted molar refractivity (Wildman–Crippen MR) is 66.5 cm³/mol. The Morgan fingerprint density at radius 2 is 2.24 bits per heavy atom. The lowest BCUT2D eigenvalue weighted by molar-refractivity contribution is 0.625. The Labute approximate surface area is 100 Å². The van der Waals surface area contributed by atoms with Gasteiger partial charge in [-0.25, -0.2) is 9.37 Å². The third kappa shape index (κ3) is 2.84. The van der Waals surface area contributed by atoms with Crippen LogP contribution in [0.5, 0.6) is 0 Å². The number of hydrogen-bond donors (Lipinski definition) is 1. The van der Waals surface area contributed by atoms with E-state index >= 15 is 0 Å². The van der Waals surface area contributed by atoms with Gasteiger partial charge in [-0.2, -0.15) is 0 Å². The molecule has 0 fully saturated rings. The summed E-state index contributed by atoms with van der Waals surface area (Å²) in [4.78, 5) is 4.18. The minimum atomic E-state index is -0.177. The molecule has 0 aliphatic heterocycles. The third-order valence-corrected chi connectivity index (χ3v) is 2.80. The van der Waals surface area contributed by atoms with Gasteiger partial charge < -0.3 is 9.88 Å². The average Bonchev–Trinajstić information content (AvgIpc) is 2.68. The van der Waals surface area contributed by atoms with Gasteiger partial charge in [0.15, 0.2) is 0 Å². The fraction of sp³-hybridized carbons (Fsp3) is 0.308. The maximum absolute atomic E-state index is 12.9. The lowest BCUT2D eigenvalue weighted by Gasteiger charge is -2.08. The summed E-state index contributed by atoms with van der Waals surface area (Å²) in [5.41, 5.74) is 2.15. The van der Waals surface area contributed by atoms with E-state index in [1.54, 1.807) is 12.3 Å². The molecule has 1 aromatic heterocycles. The molecule has 0 amide bonds. The van der Waals surface area contributed by atoms with Gasteiger partial charge in [-0.05, 0) is 36.6 Å². The summed E-state index contributed by atoms with van der Waals surface area (Å²) in [6, 6.07) is 4.91. The van der Waals surface area contributed by atoms with Crippen LogP contribution >= 0.6 is 0 Å². The Hall–Kier alpha value is -1.84. The average molecular weight is 233 g/mol. The Bertz CT molecular complexity index is 505. The first-order chi connectivity index (χ1) is 8.16. The molecule has 4 heteroatoms. The van der Waals surface area contributed by atoms with Crippen molar-refractivity contribution in [2.75, 3.05) is 11.9 Å². The van der Waals surface area contributed by atoms with E-state index in [0.717, 1.165) is 30.0 Å². The SMILES string of the molecule is Cc1cc(F)ccc1CCNc1nccn1C. The van der Waals surface area contributed by atoms with E-state index in [0.29, 0.717) is 0 Å². The van der Waals surface area contributed by atoms with Crippen molar-refractivity contribution < 1.29 is 4.39 Å². The number of aryl methyl sites for hydroxylation is 2. The Kier molecular flexibility index (Phi) is 3.42. The summed E-state index contributed by atoms with van der Waals surface area (Å²) < 4.78 is 14.8. The monoisotopic (exact) mass is 233 g/mol. The first-order valence-corrected chi connectivity index (χ1v) is 5.63. The maximum Gasteiger partial charge on any atom is 0.202 e. The van der Waals surface area contributed by atoms with Crippen LogP contribution in [0.2, 0.25) is 0 Å². The van der Waals surface area contributed by atoms with Crippen molar-refractivity contribution in [3.05, 3.63) is 47.5 Å². The third-order valence-electron chi connectivity index (χ3n) is 2.80. The van der Waals surface area contributed by atoms with Crippen molar-refractivity contribution in [1.29, 1.82) is 0 Å². The Balaban J connectivity index is 1.92. The van der Waals surface area contributed by atoms with Gasteiger partial charge in [0, 0.05) is 26.0 Å². The summed E-state index contributed by atoms with van der Waals surface area (Å²) in [6.07, 6.45) is 4.51. The molecule has 1 aromatic carbocycles. The van der Waals surface area contributed by atoms with Gasteiger partial charge in [0.05, 0.1) is 0 Å². The number of halogens is 1. The van der Waals surface area contributed by atoms with Gasteiger partial charge in [-0.3, -0.25) is 0 Å². The van der Waals surface area contributed by atoms with Crippen LogP contribution in [0, 0.1) is 12.7 Å². The number of anilines is 1. The van der Waals surface area contributed by atoms with Crippen LogP contribution in [0.15, 0.2) is 30.6 Å². The molecule has 17 heavy (non-hydrogen) atoms. The van der Waals surface area contributed by atoms with Crippen LogP contribution in [0.25, 0.3) is 0 Å². The molecule has 0 aliphatic rings. The smallest absolute Gasteiger partial charge is 0.202 e. The Morgan fingerprint density at radius 3 is 2.88 bits per heavy atom. The molecule has 0 spiro atoms. The summed E-state index contributed by atoms with van der Waals surface area (Å²) in [5.74, 6) is 0.674. The molecule has 0 unspecified atom stereocenters. The first kappa shape index (κ1) is 11.6. The van der Waals surface area contributed by atoms with Crippen molar-refractivity contribution in [1.82, 2.24) is 9.55 Å². The zero-order chi connectivity index (χ0) is 12.3. The largest absolute Gasteiger partial charge is 0.355 e. The van der Waals surface area contributed by atoms with E-state index in [9.17, 15) is 4.39 Å². The summed E-state index contributed by atoms with van der Waals surface area (Å²) in [7, 11) is 1.94. The maximum atomic E-state index is 12.9. The topological polar surface area (TPSA) is 29.9 Å². The van der Waals surface area contributed by atoms with Gasteiger partial charge in [-0.1, -0.05) is 6.07 Å². The van der Waals surface area contributed by atoms with Crippen LogP contribution in [-0.4, -0.2) is 16.1 Å². The van der Waals surface area contributed by atoms with Gasteiger partial charge in [0.2, 0.25) is 5.95 Å². The van der Waals surface area contributed by atoms with Gasteiger partial charge in [0.1, 0.15) is 5.82 Å². The van der Waals surface area contributed by atoms with Crippen LogP contribution in [-0.2, 0) is 13.5 Å². The predicted octanol–water partition coefficient (Wildman–Crippen LogP) is 2.52. The highest BCUT2D eigenvalue weighted by molar-refractivity contribution is 5.29. The second-order valence-electron chi connectivity index (χ2n) is 4.11. The Morgan fingerprint density at radius 1 is 1.41 bits per heavy atom. The molecule has 0 atom stereocenters. The molecule has 3 nitrogen and oxygen atoms in total. The van der Waals surface area contributed by atoms with E-state index in [1.165, 1.54) is 6.07 Å². The number of nitrogens with one attached hydrogen (secondary N) is 1. The fourth-order valence-corrected chi connectivity index (χ4v) is 1.78. The summed E-state index contributed by atoms with van der Waals surface area (Å²) in [5, 5.41) is 3.24. The second kappa shape index (κ2) is 4.99. The van der Waals surface area contributed by atoms with E-state index in [1.807, 2.05) is 30.8 Å². The molecule has 1 N–H and O–H groups in total. The van der Waals surface area contributed by atoms with Crippen molar-refractivity contribution in [2.24, 2.45) is 7.05 Å². The molecule has 0 bridgehead atoms. The first-order valence-electron chi connectivity index (χ1n) is 5.63. The standard InChI is InChI=1S/C13H16FN3/c1-10-9-12(14)4-3-11(10)5-6-15-13-16-7-8-17(13)2/h3-4,7-9H,5-6H2,1-2H3,(H,15,16). The molecule has 1 heterocycles. The summed E-state index contributed by atoms with van der Waals surface area (Å²) in [6.45, 7) is 2.72. The molecular weight excluding hydrogens is 217 g/mol. The highest BCUT2D eigenvalue weighted by atomic mass is 19.1. The van der Waals surface area contributed by atoms with Crippen LogP contribution in [0.3, 0.4) is 0 Å². The molecule has 0 radical (unpaired) electrons. The van der Waals surface area contributed by atoms with Crippen LogP contribution in [0.4, 0.5) is 10.3 Å². The van der Waals surface area contributed by atoms with Crippen molar-refractivity contribution in [2.45, 2.75) is 13.3 Å². The van der Waals surface area contributed by atoms with Gasteiger partial charge >= 0.3 is 0 Å². The molecule has 90 valence electrons. The van der Waals surface area contributed by atoms with Crippen molar-refractivity contribution >= 4 is 5.95 Å². The van der Waals surface area contributed by atoms with E-state index < -0.39 is 0 Å². The lowest BCUT2D eigenvalue weighted by Crippen LogP contribution is -2.09. The molecule has 2 aromatic rings. The highest BCUT2D eigenvalue weighted by Gasteiger charge is 2.01. The number of aromatic nitrogens is 2. The minimum Gasteiger partial charge on any atom is -0.355 e. The molecule has 2 rings (SSSR count). The number of nitrogens with zero attached hydrogens (tertiary/aromatic N) is 2. The van der Waals surface area contributed by atoms with Gasteiger partial charge in [0.25, 0.3) is 0 Å². The van der Waals surface area contributed by atoms with Crippen LogP contribution in [0.1, 0.15) is 11.1 Å². The summed E-state index contributed by atoms with van der Waals surface area (Å²) >= 11 is 0. The fourth-order valence-electron chi connectivity index (χ4n) is 1.78. The van der Waals surface area contributed by atoms with Crippen molar-refractivity contribution in [3.63, 3.8) is 0 Å². The quantitative estimate of drug-likeness (QED) is 0.879. The molecule has 0 aliphatic carbocycles. The number of hydrogen-bond acceptors (Lipinski definition) is 2. The van der Waals surface area contributed by atoms with E-state index in [4.69, 9.17) is 0 Å². The number of imidazole rings is 1. The van der Waals surface area contributed by atoms with Crippen molar-refractivity contribution in [3.8, 4) is 0 Å². The normalized spacial score (nSPS) is 10.5. The zero-order valence-electron chi connectivity index (χ0n) is 10.1. The van der Waals surface area contributed by atoms with E-state index in [-0.39, 0.29) is 5.82 Å². The second-order valence-corrected chi connectivity index (χ2v) is 4.11. The zero-order valence-corrected chi connectivity index (χ0v) is 10.1. The van der Waals surface area contributed by atoms with E-state index in [2.05, 4.69) is 10.3 Å². The minimum absolute atomic E-state index is 0.177.